The zero-order valence-electron chi connectivity index (χ0n) is 11.0. The van der Waals surface area contributed by atoms with Gasteiger partial charge in [0, 0.05) is 31.2 Å². The molecule has 18 heavy (non-hydrogen) atoms. The summed E-state index contributed by atoms with van der Waals surface area (Å²) in [5, 5.41) is 9.81. The fourth-order valence-corrected chi connectivity index (χ4v) is 5.02. The molecule has 0 saturated carbocycles. The van der Waals surface area contributed by atoms with Crippen molar-refractivity contribution in [2.75, 3.05) is 38.7 Å². The minimum atomic E-state index is -3.01. The van der Waals surface area contributed by atoms with Crippen LogP contribution in [0, 0.1) is 0 Å². The van der Waals surface area contributed by atoms with Gasteiger partial charge in [0.25, 0.3) is 0 Å². The molecular weight excluding hydrogens is 254 g/mol. The Labute approximate surface area is 109 Å². The maximum Gasteiger partial charge on any atom is 0.153 e. The summed E-state index contributed by atoms with van der Waals surface area (Å²) < 4.78 is 23.3. The van der Waals surface area contributed by atoms with Crippen LogP contribution >= 0.6 is 0 Å². The lowest BCUT2D eigenvalue weighted by Gasteiger charge is -2.33. The minimum absolute atomic E-state index is 0.0684. The van der Waals surface area contributed by atoms with Gasteiger partial charge in [0.1, 0.15) is 0 Å². The highest BCUT2D eigenvalue weighted by Crippen LogP contribution is 2.26. The van der Waals surface area contributed by atoms with E-state index in [1.165, 1.54) is 0 Å². The summed E-state index contributed by atoms with van der Waals surface area (Å²) >= 11 is 0. The fraction of sp³-hybridized carbons (Fsp3) is 1.00. The van der Waals surface area contributed by atoms with Crippen molar-refractivity contribution in [2.45, 2.75) is 30.7 Å². The number of likely N-dealkylation sites (tertiary alicyclic amines) is 1. The first-order valence-electron chi connectivity index (χ1n) is 6.33. The molecule has 0 spiro atoms. The van der Waals surface area contributed by atoms with Crippen molar-refractivity contribution < 1.29 is 13.5 Å². The largest absolute Gasteiger partial charge is 0.392 e. The van der Waals surface area contributed by atoms with E-state index in [0.29, 0.717) is 13.0 Å². The van der Waals surface area contributed by atoms with Crippen LogP contribution < -0.4 is 5.73 Å². The van der Waals surface area contributed by atoms with E-state index < -0.39 is 9.84 Å². The second kappa shape index (κ2) is 5.05. The Morgan fingerprint density at radius 2 is 2.06 bits per heavy atom. The molecule has 0 amide bonds. The topological polar surface area (TPSA) is 86.9 Å². The van der Waals surface area contributed by atoms with E-state index in [2.05, 4.69) is 9.80 Å². The highest BCUT2D eigenvalue weighted by Gasteiger charge is 2.44. The van der Waals surface area contributed by atoms with Crippen LogP contribution in [-0.4, -0.2) is 86.2 Å². The lowest BCUT2D eigenvalue weighted by Crippen LogP contribution is -2.51. The van der Waals surface area contributed by atoms with Crippen LogP contribution in [0.5, 0.6) is 0 Å². The number of nitrogens with zero attached hydrogens (tertiary/aromatic N) is 2. The van der Waals surface area contributed by atoms with Crippen molar-refractivity contribution >= 4 is 9.84 Å². The highest BCUT2D eigenvalue weighted by molar-refractivity contribution is 7.91. The van der Waals surface area contributed by atoms with Crippen molar-refractivity contribution in [3.05, 3.63) is 0 Å². The molecule has 2 rings (SSSR count). The molecule has 2 aliphatic rings. The first-order chi connectivity index (χ1) is 8.28. The van der Waals surface area contributed by atoms with Crippen molar-refractivity contribution in [2.24, 2.45) is 5.73 Å². The summed E-state index contributed by atoms with van der Waals surface area (Å²) in [6, 6.07) is -0.276. The molecule has 2 heterocycles. The number of likely N-dealkylation sites (N-methyl/N-ethyl adjacent to an activating group) is 1. The number of hydrogen-bond acceptors (Lipinski definition) is 6. The molecule has 0 aromatic heterocycles. The molecule has 6 nitrogen and oxygen atoms in total. The quantitative estimate of drug-likeness (QED) is 0.627. The summed E-state index contributed by atoms with van der Waals surface area (Å²) in [6.45, 7) is 1.35. The summed E-state index contributed by atoms with van der Waals surface area (Å²) in [7, 11) is 0.947. The van der Waals surface area contributed by atoms with E-state index in [1.807, 2.05) is 14.1 Å². The molecule has 0 aromatic carbocycles. The smallest absolute Gasteiger partial charge is 0.153 e. The van der Waals surface area contributed by atoms with Crippen LogP contribution in [0.4, 0.5) is 0 Å². The fourth-order valence-electron chi connectivity index (χ4n) is 3.12. The molecule has 2 fully saturated rings. The first-order valence-corrected chi connectivity index (χ1v) is 8.15. The molecular formula is C11H23N3O3S. The van der Waals surface area contributed by atoms with Gasteiger partial charge in [-0.3, -0.25) is 4.90 Å². The van der Waals surface area contributed by atoms with Gasteiger partial charge in [-0.1, -0.05) is 0 Å². The number of sulfone groups is 1. The molecule has 0 radical (unpaired) electrons. The summed E-state index contributed by atoms with van der Waals surface area (Å²) in [5.74, 6) is 0.198. The Hall–Kier alpha value is -0.210. The summed E-state index contributed by atoms with van der Waals surface area (Å²) in [4.78, 5) is 4.16. The van der Waals surface area contributed by atoms with E-state index in [0.717, 1.165) is 6.54 Å². The van der Waals surface area contributed by atoms with Gasteiger partial charge in [0.05, 0.1) is 17.6 Å². The molecule has 2 aliphatic heterocycles. The lowest BCUT2D eigenvalue weighted by atomic mass is 10.1. The lowest BCUT2D eigenvalue weighted by molar-refractivity contribution is 0.138. The third-order valence-corrected chi connectivity index (χ3v) is 5.54. The van der Waals surface area contributed by atoms with Gasteiger partial charge in [0.15, 0.2) is 9.84 Å². The second-order valence-corrected chi connectivity index (χ2v) is 7.96. The van der Waals surface area contributed by atoms with Gasteiger partial charge in [0.2, 0.25) is 0 Å². The zero-order valence-corrected chi connectivity index (χ0v) is 11.8. The molecule has 0 bridgehead atoms. The average molecular weight is 277 g/mol. The van der Waals surface area contributed by atoms with Crippen LogP contribution in [0.25, 0.3) is 0 Å². The number of rotatable bonds is 3. The van der Waals surface area contributed by atoms with Crippen molar-refractivity contribution in [3.63, 3.8) is 0 Å². The predicted molar refractivity (Wildman–Crippen MR) is 70.1 cm³/mol. The maximum absolute atomic E-state index is 11.6. The minimum Gasteiger partial charge on any atom is -0.392 e. The van der Waals surface area contributed by atoms with Crippen LogP contribution in [0.15, 0.2) is 0 Å². The molecule has 3 N–H and O–H groups in total. The van der Waals surface area contributed by atoms with Crippen LogP contribution in [0.3, 0.4) is 0 Å². The molecule has 2 saturated heterocycles. The van der Waals surface area contributed by atoms with Crippen molar-refractivity contribution in [3.8, 4) is 0 Å². The number of hydrogen-bond donors (Lipinski definition) is 2. The van der Waals surface area contributed by atoms with Crippen molar-refractivity contribution in [1.82, 2.24) is 9.80 Å². The predicted octanol–water partition coefficient (Wildman–Crippen LogP) is -1.89. The van der Waals surface area contributed by atoms with Gasteiger partial charge in [-0.15, -0.1) is 0 Å². The van der Waals surface area contributed by atoms with Gasteiger partial charge in [-0.2, -0.15) is 0 Å². The molecule has 0 aromatic rings. The number of aliphatic hydroxyl groups is 1. The van der Waals surface area contributed by atoms with E-state index >= 15 is 0 Å². The SMILES string of the molecule is CN(C)CC1CC(O)CN1C1CS(=O)(=O)CC1N. The third-order valence-electron chi connectivity index (χ3n) is 3.80. The number of nitrogens with two attached hydrogens (primary N) is 1. The van der Waals surface area contributed by atoms with Gasteiger partial charge in [-0.05, 0) is 20.5 Å². The average Bonchev–Trinajstić information content (AvgIpc) is 2.65. The molecule has 7 heteroatoms. The monoisotopic (exact) mass is 277 g/mol. The Kier molecular flexibility index (Phi) is 3.99. The molecule has 4 unspecified atom stereocenters. The number of β-amino-alcohol motifs (C(OH)–C–C–N with tert-alkyl or cyclic N) is 1. The van der Waals surface area contributed by atoms with E-state index in [4.69, 9.17) is 5.73 Å². The first kappa shape index (κ1) is 14.2. The normalized spacial score (nSPS) is 40.7. The Morgan fingerprint density at radius 3 is 2.56 bits per heavy atom. The van der Waals surface area contributed by atoms with Crippen LogP contribution in [0.1, 0.15) is 6.42 Å². The zero-order chi connectivity index (χ0) is 13.5. The Balaban J connectivity index is 2.11. The van der Waals surface area contributed by atoms with Crippen LogP contribution in [-0.2, 0) is 9.84 Å². The standard InChI is InChI=1S/C11H23N3O3S/c1-13(2)4-8-3-9(15)5-14(8)11-7-18(16,17)6-10(11)12/h8-11,15H,3-7,12H2,1-2H3. The Bertz CT molecular complexity index is 398. The van der Waals surface area contributed by atoms with E-state index in [1.54, 1.807) is 0 Å². The molecule has 0 aliphatic carbocycles. The van der Waals surface area contributed by atoms with E-state index in [9.17, 15) is 13.5 Å². The van der Waals surface area contributed by atoms with E-state index in [-0.39, 0.29) is 35.7 Å². The Morgan fingerprint density at radius 1 is 1.39 bits per heavy atom. The summed E-state index contributed by atoms with van der Waals surface area (Å²) in [5.41, 5.74) is 5.96. The maximum atomic E-state index is 11.6. The molecule has 106 valence electrons. The second-order valence-electron chi connectivity index (χ2n) is 5.81. The third kappa shape index (κ3) is 3.03. The summed E-state index contributed by atoms with van der Waals surface area (Å²) in [6.07, 6.45) is 0.326. The molecule has 4 atom stereocenters. The number of aliphatic hydroxyl groups excluding tert-OH is 1. The van der Waals surface area contributed by atoms with Gasteiger partial charge >= 0.3 is 0 Å². The van der Waals surface area contributed by atoms with Gasteiger partial charge in [-0.25, -0.2) is 8.42 Å². The van der Waals surface area contributed by atoms with Gasteiger partial charge < -0.3 is 15.7 Å². The van der Waals surface area contributed by atoms with Crippen LogP contribution in [0.2, 0.25) is 0 Å². The highest BCUT2D eigenvalue weighted by atomic mass is 32.2. The van der Waals surface area contributed by atoms with Crippen molar-refractivity contribution in [1.29, 1.82) is 0 Å².